The Morgan fingerprint density at radius 3 is 2.36 bits per heavy atom. The molecular formula is C26H23F3N2O2. The zero-order chi connectivity index (χ0) is 23.4. The molecule has 0 spiro atoms. The van der Waals surface area contributed by atoms with Crippen LogP contribution in [0.2, 0.25) is 0 Å². The van der Waals surface area contributed by atoms with Crippen LogP contribution in [-0.4, -0.2) is 21.7 Å². The summed E-state index contributed by atoms with van der Waals surface area (Å²) in [5.74, 6) is -1.05. The first-order chi connectivity index (χ1) is 15.8. The minimum absolute atomic E-state index is 0.0174. The number of benzene rings is 3. The lowest BCUT2D eigenvalue weighted by molar-refractivity contribution is -0.140. The van der Waals surface area contributed by atoms with Crippen molar-refractivity contribution in [3.63, 3.8) is 0 Å². The van der Waals surface area contributed by atoms with E-state index < -0.39 is 23.8 Å². The summed E-state index contributed by atoms with van der Waals surface area (Å²) < 4.78 is 41.0. The number of para-hydroxylation sites is 1. The molecule has 1 aromatic heterocycles. The van der Waals surface area contributed by atoms with Gasteiger partial charge in [0.05, 0.1) is 5.56 Å². The van der Waals surface area contributed by atoms with E-state index in [4.69, 9.17) is 0 Å². The number of carboxylic acids is 1. The average molecular weight is 452 g/mol. The molecule has 3 aromatic carbocycles. The molecule has 0 radical (unpaired) electrons. The molecule has 1 heterocycles. The van der Waals surface area contributed by atoms with Gasteiger partial charge in [-0.05, 0) is 28.8 Å². The highest BCUT2D eigenvalue weighted by molar-refractivity contribution is 5.85. The van der Waals surface area contributed by atoms with Gasteiger partial charge in [0.2, 0.25) is 0 Å². The normalized spacial score (nSPS) is 12.7. The summed E-state index contributed by atoms with van der Waals surface area (Å²) in [7, 11) is 0. The van der Waals surface area contributed by atoms with Gasteiger partial charge in [-0.2, -0.15) is 13.2 Å². The molecule has 0 aliphatic heterocycles. The van der Waals surface area contributed by atoms with Gasteiger partial charge in [-0.3, -0.25) is 4.79 Å². The average Bonchev–Trinajstić information content (AvgIpc) is 3.14. The van der Waals surface area contributed by atoms with Gasteiger partial charge in [-0.15, -0.1) is 0 Å². The number of rotatable bonds is 8. The van der Waals surface area contributed by atoms with Crippen molar-refractivity contribution in [2.75, 3.05) is 0 Å². The molecule has 1 unspecified atom stereocenters. The lowest BCUT2D eigenvalue weighted by Gasteiger charge is -2.15. The number of nitrogens with one attached hydrogen (secondary N) is 1. The predicted molar refractivity (Wildman–Crippen MR) is 121 cm³/mol. The van der Waals surface area contributed by atoms with Crippen molar-refractivity contribution >= 4 is 16.9 Å². The topological polar surface area (TPSA) is 54.3 Å². The van der Waals surface area contributed by atoms with Crippen LogP contribution in [-0.2, 0) is 30.5 Å². The van der Waals surface area contributed by atoms with E-state index >= 15 is 0 Å². The largest absolute Gasteiger partial charge is 0.480 e. The number of hydrogen-bond donors (Lipinski definition) is 2. The molecule has 4 rings (SSSR count). The van der Waals surface area contributed by atoms with E-state index in [0.29, 0.717) is 12.1 Å². The Kier molecular flexibility index (Phi) is 6.51. The molecule has 33 heavy (non-hydrogen) atoms. The predicted octanol–water partition coefficient (Wildman–Crippen LogP) is 5.49. The molecule has 7 heteroatoms. The lowest BCUT2D eigenvalue weighted by atomic mass is 10.0. The van der Waals surface area contributed by atoms with Crippen molar-refractivity contribution < 1.29 is 23.1 Å². The minimum Gasteiger partial charge on any atom is -0.480 e. The summed E-state index contributed by atoms with van der Waals surface area (Å²) in [6.45, 7) is 0.667. The van der Waals surface area contributed by atoms with Gasteiger partial charge in [0.25, 0.3) is 0 Å². The highest BCUT2D eigenvalue weighted by atomic mass is 19.4. The fraction of sp³-hybridized carbons (Fsp3) is 0.192. The molecule has 0 amide bonds. The van der Waals surface area contributed by atoms with Gasteiger partial charge in [0.15, 0.2) is 0 Å². The molecular weight excluding hydrogens is 429 g/mol. The van der Waals surface area contributed by atoms with Crippen LogP contribution in [0.1, 0.15) is 22.3 Å². The number of halogens is 3. The second kappa shape index (κ2) is 9.50. The zero-order valence-electron chi connectivity index (χ0n) is 17.7. The Hall–Kier alpha value is -3.58. The first kappa shape index (κ1) is 22.6. The van der Waals surface area contributed by atoms with Gasteiger partial charge in [-0.1, -0.05) is 66.7 Å². The molecule has 0 fully saturated rings. The van der Waals surface area contributed by atoms with Crippen molar-refractivity contribution in [1.29, 1.82) is 0 Å². The first-order valence-corrected chi connectivity index (χ1v) is 10.5. The van der Waals surface area contributed by atoms with Gasteiger partial charge >= 0.3 is 12.1 Å². The molecule has 0 aliphatic carbocycles. The maximum absolute atomic E-state index is 13.0. The number of nitrogens with zero attached hydrogens (tertiary/aromatic N) is 1. The van der Waals surface area contributed by atoms with Gasteiger partial charge in [0.1, 0.15) is 6.04 Å². The zero-order valence-corrected chi connectivity index (χ0v) is 17.7. The Labute approximate surface area is 189 Å². The fourth-order valence-electron chi connectivity index (χ4n) is 3.96. The maximum atomic E-state index is 13.0. The van der Waals surface area contributed by atoms with Crippen LogP contribution in [0.3, 0.4) is 0 Å². The molecule has 0 aliphatic rings. The third-order valence-corrected chi connectivity index (χ3v) is 5.60. The molecule has 0 saturated carbocycles. The third-order valence-electron chi connectivity index (χ3n) is 5.60. The molecule has 4 aromatic rings. The van der Waals surface area contributed by atoms with Crippen molar-refractivity contribution in [2.45, 2.75) is 31.7 Å². The van der Waals surface area contributed by atoms with Crippen LogP contribution in [0.4, 0.5) is 13.2 Å². The number of carbonyl (C=O) groups is 1. The molecule has 0 saturated heterocycles. The minimum atomic E-state index is -4.44. The number of aromatic nitrogens is 1. The van der Waals surface area contributed by atoms with Crippen LogP contribution in [0, 0.1) is 0 Å². The van der Waals surface area contributed by atoms with Gasteiger partial charge in [0, 0.05) is 36.6 Å². The Balaban J connectivity index is 1.55. The Morgan fingerprint density at radius 1 is 0.939 bits per heavy atom. The van der Waals surface area contributed by atoms with Crippen LogP contribution < -0.4 is 5.32 Å². The summed E-state index contributed by atoms with van der Waals surface area (Å²) in [6, 6.07) is 21.7. The summed E-state index contributed by atoms with van der Waals surface area (Å²) in [6.07, 6.45) is -2.28. The summed E-state index contributed by atoms with van der Waals surface area (Å²) >= 11 is 0. The molecule has 2 N–H and O–H groups in total. The summed E-state index contributed by atoms with van der Waals surface area (Å²) in [5, 5.41) is 13.6. The fourth-order valence-corrected chi connectivity index (χ4v) is 3.96. The number of aliphatic carboxylic acids is 1. The maximum Gasteiger partial charge on any atom is 0.416 e. The molecule has 4 nitrogen and oxygen atoms in total. The van der Waals surface area contributed by atoms with Crippen molar-refractivity contribution in [2.24, 2.45) is 0 Å². The smallest absolute Gasteiger partial charge is 0.416 e. The molecule has 0 bridgehead atoms. The SMILES string of the molecule is O=C(O)C(Cc1cn(Cc2ccccc2)c2ccccc12)NCc1cccc(C(F)(F)F)c1. The second-order valence-corrected chi connectivity index (χ2v) is 7.96. The Morgan fingerprint density at radius 2 is 1.64 bits per heavy atom. The number of alkyl halides is 3. The third kappa shape index (κ3) is 5.43. The van der Waals surface area contributed by atoms with E-state index in [-0.39, 0.29) is 13.0 Å². The first-order valence-electron chi connectivity index (χ1n) is 10.5. The quantitative estimate of drug-likeness (QED) is 0.372. The number of carboxylic acid groups (broad SMARTS) is 1. The van der Waals surface area contributed by atoms with Crippen molar-refractivity contribution in [1.82, 2.24) is 9.88 Å². The Bertz CT molecular complexity index is 1250. The lowest BCUT2D eigenvalue weighted by Crippen LogP contribution is -2.38. The van der Waals surface area contributed by atoms with E-state index in [1.54, 1.807) is 6.07 Å². The van der Waals surface area contributed by atoms with Crippen LogP contribution in [0.15, 0.2) is 85.1 Å². The highest BCUT2D eigenvalue weighted by Gasteiger charge is 2.30. The van der Waals surface area contributed by atoms with E-state index in [2.05, 4.69) is 9.88 Å². The molecule has 1 atom stereocenters. The van der Waals surface area contributed by atoms with E-state index in [1.165, 1.54) is 6.07 Å². The number of fused-ring (bicyclic) bond motifs is 1. The van der Waals surface area contributed by atoms with E-state index in [1.807, 2.05) is 60.8 Å². The highest BCUT2D eigenvalue weighted by Crippen LogP contribution is 2.29. The van der Waals surface area contributed by atoms with Crippen LogP contribution in [0.5, 0.6) is 0 Å². The van der Waals surface area contributed by atoms with Crippen molar-refractivity contribution in [3.8, 4) is 0 Å². The summed E-state index contributed by atoms with van der Waals surface area (Å²) in [4.78, 5) is 11.9. The van der Waals surface area contributed by atoms with Crippen molar-refractivity contribution in [3.05, 3.63) is 107 Å². The summed E-state index contributed by atoms with van der Waals surface area (Å²) in [5.41, 5.74) is 2.62. The molecule has 170 valence electrons. The van der Waals surface area contributed by atoms with Gasteiger partial charge in [-0.25, -0.2) is 0 Å². The van der Waals surface area contributed by atoms with E-state index in [0.717, 1.165) is 34.2 Å². The second-order valence-electron chi connectivity index (χ2n) is 7.96. The van der Waals surface area contributed by atoms with Crippen LogP contribution >= 0.6 is 0 Å². The van der Waals surface area contributed by atoms with Crippen LogP contribution in [0.25, 0.3) is 10.9 Å². The monoisotopic (exact) mass is 452 g/mol. The number of hydrogen-bond acceptors (Lipinski definition) is 2. The van der Waals surface area contributed by atoms with Gasteiger partial charge < -0.3 is 15.0 Å². The standard InChI is InChI=1S/C26H23F3N2O2/c27-26(28,29)21-10-6-9-19(13-21)15-30-23(25(32)33)14-20-17-31(16-18-7-2-1-3-8-18)24-12-5-4-11-22(20)24/h1-13,17,23,30H,14-16H2,(H,32,33). The van der Waals surface area contributed by atoms with E-state index in [9.17, 15) is 23.1 Å².